The van der Waals surface area contributed by atoms with E-state index in [9.17, 15) is 50.5 Å². The summed E-state index contributed by atoms with van der Waals surface area (Å²) in [5, 5.41) is 16.8. The fourth-order valence-electron chi connectivity index (χ4n) is 6.66. The van der Waals surface area contributed by atoms with E-state index in [1.165, 1.54) is 189 Å². The Hall–Kier alpha value is -10.5. The van der Waals surface area contributed by atoms with Crippen LogP contribution in [0.2, 0.25) is 0 Å². The van der Waals surface area contributed by atoms with E-state index in [-0.39, 0.29) is 77.5 Å². The molecule has 0 aliphatic carbocycles. The molecule has 100 heavy (non-hydrogen) atoms. The largest absolute Gasteiger partial charge is 2.00 e. The molecule has 0 fully saturated rings. The van der Waals surface area contributed by atoms with Gasteiger partial charge in [0.15, 0.2) is 5.82 Å². The van der Waals surface area contributed by atoms with Crippen LogP contribution in [-0.4, -0.2) is 102 Å². The number of nitrogens with one attached hydrogen (secondary N) is 4. The Morgan fingerprint density at radius 3 is 1.16 bits per heavy atom. The number of hydrogen-bond donors (Lipinski definition) is 12. The second-order valence-corrected chi connectivity index (χ2v) is 30.2. The average molecular weight is 1560 g/mol. The zero-order valence-electron chi connectivity index (χ0n) is 53.2. The first-order chi connectivity index (χ1) is 46.3. The first kappa shape index (κ1) is 81.9. The number of nitrogens with two attached hydrogens (primary N) is 7. The number of rotatable bonds is 15. The molecule has 11 rings (SSSR count). The van der Waals surface area contributed by atoms with E-state index >= 15 is 0 Å². The first-order valence-electron chi connectivity index (χ1n) is 27.3. The molecule has 11 aromatic rings. The van der Waals surface area contributed by atoms with E-state index in [0.29, 0.717) is 56.3 Å². The van der Waals surface area contributed by atoms with Gasteiger partial charge in [-0.1, -0.05) is 16.5 Å². The summed E-state index contributed by atoms with van der Waals surface area (Å²) < 4.78 is 171. The van der Waals surface area contributed by atoms with E-state index in [4.69, 9.17) is 57.8 Å². The van der Waals surface area contributed by atoms with Crippen molar-refractivity contribution >= 4 is 128 Å². The van der Waals surface area contributed by atoms with Crippen LogP contribution in [0.5, 0.6) is 5.88 Å². The normalized spacial score (nSPS) is 11.0. The minimum absolute atomic E-state index is 0. The Morgan fingerprint density at radius 1 is 0.470 bits per heavy atom. The smallest absolute Gasteiger partial charge is 0.481 e. The molecular weight excluding hydrogens is 1500 g/mol. The van der Waals surface area contributed by atoms with Gasteiger partial charge in [-0.15, -0.1) is 10.2 Å². The van der Waals surface area contributed by atoms with Crippen LogP contribution in [0.25, 0.3) is 0 Å². The maximum absolute atomic E-state index is 12.1. The number of aryl methyl sites for hydroxylation is 4. The minimum atomic E-state index is -4.08. The molecule has 0 saturated heterocycles. The fraction of sp³-hybridized carbons (Fsp3) is 0.0877. The predicted octanol–water partition coefficient (Wildman–Crippen LogP) is 6.04. The molecule has 6 aromatic carbocycles. The van der Waals surface area contributed by atoms with Crippen molar-refractivity contribution in [2.75, 3.05) is 60.4 Å². The van der Waals surface area contributed by atoms with E-state index in [1.807, 2.05) is 0 Å². The van der Waals surface area contributed by atoms with E-state index in [1.54, 1.807) is 46.2 Å². The van der Waals surface area contributed by atoms with Gasteiger partial charge in [0.2, 0.25) is 21.0 Å². The number of anilines is 10. The summed E-state index contributed by atoms with van der Waals surface area (Å²) in [6.45, 7) is 6.87. The maximum Gasteiger partial charge on any atom is 2.00 e. The molecule has 0 radical (unpaired) electrons. The van der Waals surface area contributed by atoms with Gasteiger partial charge < -0.3 is 48.1 Å². The van der Waals surface area contributed by atoms with Crippen LogP contribution in [0.4, 0.5) is 56.9 Å². The summed E-state index contributed by atoms with van der Waals surface area (Å²) in [6.07, 6.45) is 6.08. The van der Waals surface area contributed by atoms with E-state index in [0.717, 1.165) is 0 Å². The molecule has 526 valence electrons. The van der Waals surface area contributed by atoms with Gasteiger partial charge in [0.1, 0.15) is 35.0 Å². The molecule has 0 unspecified atom stereocenters. The number of nitrogens with zero attached hydrogens (tertiary/aromatic N) is 8. The van der Waals surface area contributed by atoms with Crippen LogP contribution < -0.4 is 63.2 Å². The van der Waals surface area contributed by atoms with Crippen molar-refractivity contribution in [3.8, 4) is 5.88 Å². The number of ether oxygens (including phenoxy) is 1. The first-order valence-corrected chi connectivity index (χ1v) is 37.1. The number of primary sulfonamides is 1. The van der Waals surface area contributed by atoms with Crippen LogP contribution in [0, 0.1) is 27.7 Å². The molecule has 0 saturated carbocycles. The predicted molar refractivity (Wildman–Crippen MR) is 372 cm³/mol. The summed E-state index contributed by atoms with van der Waals surface area (Å²) in [7, 11) is -20.9. The van der Waals surface area contributed by atoms with Gasteiger partial charge in [0.25, 0.3) is 50.2 Å². The Balaban J connectivity index is 0.000000252. The molecule has 5 heterocycles. The van der Waals surface area contributed by atoms with Gasteiger partial charge in [-0.25, -0.2) is 71.9 Å². The third-order valence-corrected chi connectivity index (χ3v) is 19.7. The van der Waals surface area contributed by atoms with E-state index < -0.39 is 60.2 Å². The number of benzene rings is 6. The Kier molecular flexibility index (Phi) is 30.2. The number of oxazole rings is 1. The third kappa shape index (κ3) is 27.8. The molecule has 0 aliphatic rings. The monoisotopic (exact) mass is 1560 g/mol. The fourth-order valence-corrected chi connectivity index (χ4v) is 12.4. The van der Waals surface area contributed by atoms with Crippen LogP contribution in [0.3, 0.4) is 0 Å². The van der Waals surface area contributed by atoms with Crippen molar-refractivity contribution in [2.24, 2.45) is 5.14 Å². The van der Waals surface area contributed by atoms with Gasteiger partial charge in [-0.05, 0) is 179 Å². The van der Waals surface area contributed by atoms with Crippen molar-refractivity contribution in [3.63, 3.8) is 0 Å². The van der Waals surface area contributed by atoms with Gasteiger partial charge in [-0.2, -0.15) is 13.4 Å². The summed E-state index contributed by atoms with van der Waals surface area (Å²) >= 11 is 1.18. The van der Waals surface area contributed by atoms with Crippen molar-refractivity contribution in [2.45, 2.75) is 57.1 Å². The number of methoxy groups -OCH3 is 1. The molecule has 0 bridgehead atoms. The second kappa shape index (κ2) is 36.9. The summed E-state index contributed by atoms with van der Waals surface area (Å²) in [5.74, 6) is 1.65. The number of sulfonamides is 5. The van der Waals surface area contributed by atoms with Crippen molar-refractivity contribution < 1.29 is 88.2 Å². The van der Waals surface area contributed by atoms with Crippen LogP contribution in [0.15, 0.2) is 227 Å². The average Bonchev–Trinajstić information content (AvgIpc) is 1.45. The van der Waals surface area contributed by atoms with Crippen LogP contribution in [0.1, 0.15) is 22.2 Å². The Morgan fingerprint density at radius 2 is 0.850 bits per heavy atom. The minimum Gasteiger partial charge on any atom is -0.481 e. The molecule has 0 spiro atoms. The quantitative estimate of drug-likeness (QED) is 0.0316. The van der Waals surface area contributed by atoms with Crippen LogP contribution >= 0.6 is 11.3 Å². The van der Waals surface area contributed by atoms with Gasteiger partial charge in [-0.3, -0.25) is 18.7 Å². The summed E-state index contributed by atoms with van der Waals surface area (Å²) in [6, 6.07) is 39.1. The SMILES string of the molecule is COc1cc(NS(=O)(=O)c2ccc(N)cc2)ncn1.Cc1cc(NS(=O)(=O)c2ccc(N)cc2)no1.Cc1nc(NS(=O)(=O)c2ccc(N)cc2)oc1C.Cc1nnc(NS(=O)(=O)c2ccc(N)cc2)s1.Nc1ccc(S(=O)(=O)O)cc1.Nc1ccc(S(N)(=O)=O)cc1.[Zn+2].c1cncnc1. The Labute approximate surface area is 592 Å². The van der Waals surface area contributed by atoms with Crippen molar-refractivity contribution in [1.82, 2.24) is 40.3 Å². The van der Waals surface area contributed by atoms with Gasteiger partial charge >= 0.3 is 25.5 Å². The molecule has 35 nitrogen and oxygen atoms in total. The molecule has 0 atom stereocenters. The topological polar surface area (TPSA) is 594 Å². The Bertz CT molecular complexity index is 4880. The zero-order valence-corrected chi connectivity index (χ0v) is 61.8. The zero-order chi connectivity index (χ0) is 73.4. The third-order valence-electron chi connectivity index (χ3n) is 11.6. The number of nitrogen functional groups attached to an aromatic ring is 6. The van der Waals surface area contributed by atoms with Crippen LogP contribution in [-0.2, 0) is 79.7 Å². The summed E-state index contributed by atoms with van der Waals surface area (Å²) in [4.78, 5) is 19.3. The number of aromatic nitrogens is 8. The van der Waals surface area contributed by atoms with Crippen molar-refractivity contribution in [1.29, 1.82) is 0 Å². The molecule has 5 aromatic heterocycles. The van der Waals surface area contributed by atoms with Crippen molar-refractivity contribution in [3.05, 3.63) is 211 Å². The van der Waals surface area contributed by atoms with Gasteiger partial charge in [0, 0.05) is 58.7 Å². The standard InChI is InChI=1S/C11H12N4O3S.C11H13N3O3S.C10H11N3O3S.C9H10N4O2S2.C6H8N2O2S.C6H7NO3S.C4H4N2.Zn/c1-18-11-6-10(13-7-14-11)15-19(16,17)9-4-2-8(12)3-5-9;1-7-8(2)17-11(13-7)14-18(15,16)10-5-3-9(12)4-6-10;1-7-6-10(12-16-7)13-17(14,15)9-4-2-8(11)3-5-9;1-6-11-12-9(16-6)13-17(14,15)8-4-2-7(10)3-5-8;2*7-5-1-3-6(4-2-5)11(8,9)10;1-2-5-4-6-3-1;/h2-7H,12H2,1H3,(H,13,14,15);3-6H,12H2,1-2H3,(H,13,14);2-6H,11H2,1H3,(H,12,13);2-5H,10H2,1H3,(H,12,13);1-4H,7H2,(H2,8,9,10);1-4H,7H2,(H,8,9,10);1-4H;/q;;;;;;;+2. The van der Waals surface area contributed by atoms with Gasteiger partial charge in [0.05, 0.1) is 42.2 Å². The molecule has 19 N–H and O–H groups in total. The molecule has 0 amide bonds. The second-order valence-electron chi connectivity index (χ2n) is 19.3. The molecule has 43 heteroatoms. The summed E-state index contributed by atoms with van der Waals surface area (Å²) in [5.41, 5.74) is 36.2. The molecule has 0 aliphatic heterocycles. The maximum atomic E-state index is 12.1. The molecular formula is C57H65N19O16S7Zn+2. The van der Waals surface area contributed by atoms with E-state index in [2.05, 4.69) is 59.2 Å². The number of hydrogen-bond acceptors (Lipinski definition) is 30.